The summed E-state index contributed by atoms with van der Waals surface area (Å²) in [5, 5.41) is 8.62. The van der Waals surface area contributed by atoms with Gasteiger partial charge in [-0.15, -0.1) is 5.10 Å². The van der Waals surface area contributed by atoms with E-state index in [-0.39, 0.29) is 5.95 Å². The molecule has 2 heterocycles. The summed E-state index contributed by atoms with van der Waals surface area (Å²) in [5.41, 5.74) is 0.724. The summed E-state index contributed by atoms with van der Waals surface area (Å²) in [6.45, 7) is 3.57. The first-order chi connectivity index (χ1) is 13.3. The first kappa shape index (κ1) is 20.3. The molecule has 0 bridgehead atoms. The molecule has 0 unspecified atom stereocenters. The van der Waals surface area contributed by atoms with Crippen LogP contribution in [0.2, 0.25) is 0 Å². The lowest BCUT2D eigenvalue weighted by Crippen LogP contribution is -2.50. The lowest BCUT2D eigenvalue weighted by atomic mass is 10.2. The maximum absolute atomic E-state index is 13.0. The summed E-state index contributed by atoms with van der Waals surface area (Å²) < 4.78 is 34.7. The molecule has 0 atom stereocenters. The van der Waals surface area contributed by atoms with Gasteiger partial charge in [-0.2, -0.15) is 4.98 Å². The van der Waals surface area contributed by atoms with Crippen LogP contribution in [0.1, 0.15) is 26.7 Å². The van der Waals surface area contributed by atoms with Gasteiger partial charge in [0.05, 0.1) is 12.4 Å². The average molecular weight is 408 g/mol. The van der Waals surface area contributed by atoms with E-state index >= 15 is 0 Å². The highest BCUT2D eigenvalue weighted by molar-refractivity contribution is 7.94. The van der Waals surface area contributed by atoms with Gasteiger partial charge >= 0.3 is 0 Å². The largest absolute Gasteiger partial charge is 0.497 e. The van der Waals surface area contributed by atoms with E-state index in [1.165, 1.54) is 13.8 Å². The SMILES string of the molecule is COc1cccc(-c2nc(NC(=O)C(C)(C)S(=O)(=O)C3CCOCC3)n[nH]2)c1. The van der Waals surface area contributed by atoms with Gasteiger partial charge in [-0.1, -0.05) is 12.1 Å². The molecule has 2 aromatic rings. The number of carbonyl (C=O) groups excluding carboxylic acids is 1. The molecule has 1 aliphatic heterocycles. The number of anilines is 1. The number of amides is 1. The van der Waals surface area contributed by atoms with Crippen molar-refractivity contribution in [3.05, 3.63) is 24.3 Å². The molecule has 1 aliphatic rings. The summed E-state index contributed by atoms with van der Waals surface area (Å²) in [6, 6.07) is 7.19. The first-order valence-corrected chi connectivity index (χ1v) is 10.5. The van der Waals surface area contributed by atoms with Crippen molar-refractivity contribution in [1.29, 1.82) is 0 Å². The Bertz CT molecular complexity index is 948. The highest BCUT2D eigenvalue weighted by Crippen LogP contribution is 2.29. The van der Waals surface area contributed by atoms with Crippen molar-refractivity contribution >= 4 is 21.7 Å². The van der Waals surface area contributed by atoms with Crippen LogP contribution in [0.5, 0.6) is 5.75 Å². The minimum absolute atomic E-state index is 0.0121. The number of H-pyrrole nitrogens is 1. The minimum Gasteiger partial charge on any atom is -0.497 e. The smallest absolute Gasteiger partial charge is 0.249 e. The zero-order valence-corrected chi connectivity index (χ0v) is 16.9. The van der Waals surface area contributed by atoms with Gasteiger partial charge in [0.25, 0.3) is 0 Å². The molecule has 152 valence electrons. The molecule has 10 heteroatoms. The van der Waals surface area contributed by atoms with Gasteiger partial charge in [0.15, 0.2) is 15.7 Å². The van der Waals surface area contributed by atoms with Crippen LogP contribution in [-0.4, -0.2) is 59.8 Å². The Morgan fingerprint density at radius 1 is 1.32 bits per heavy atom. The molecular formula is C18H24N4O5S. The molecule has 1 fully saturated rings. The summed E-state index contributed by atoms with van der Waals surface area (Å²) >= 11 is 0. The normalized spacial score (nSPS) is 16.0. The van der Waals surface area contributed by atoms with Crippen LogP contribution < -0.4 is 10.1 Å². The van der Waals surface area contributed by atoms with Crippen LogP contribution in [0.15, 0.2) is 24.3 Å². The van der Waals surface area contributed by atoms with Gasteiger partial charge in [0.2, 0.25) is 11.9 Å². The number of nitrogens with one attached hydrogen (secondary N) is 2. The van der Waals surface area contributed by atoms with Crippen LogP contribution in [0, 0.1) is 0 Å². The van der Waals surface area contributed by atoms with Crippen molar-refractivity contribution in [1.82, 2.24) is 15.2 Å². The van der Waals surface area contributed by atoms with Gasteiger partial charge in [0, 0.05) is 18.8 Å². The molecule has 0 spiro atoms. The Kier molecular flexibility index (Phi) is 5.71. The van der Waals surface area contributed by atoms with Crippen LogP contribution >= 0.6 is 0 Å². The van der Waals surface area contributed by atoms with Gasteiger partial charge in [-0.25, -0.2) is 8.42 Å². The van der Waals surface area contributed by atoms with Crippen LogP contribution in [0.4, 0.5) is 5.95 Å². The fourth-order valence-electron chi connectivity index (χ4n) is 3.00. The quantitative estimate of drug-likeness (QED) is 0.747. The number of nitrogens with zero attached hydrogens (tertiary/aromatic N) is 2. The molecular weight excluding hydrogens is 384 g/mol. The summed E-state index contributed by atoms with van der Waals surface area (Å²) in [6.07, 6.45) is 0.777. The number of carbonyl (C=O) groups is 1. The third-order valence-corrected chi connectivity index (χ3v) is 7.88. The maximum atomic E-state index is 13.0. The van der Waals surface area contributed by atoms with E-state index in [0.29, 0.717) is 37.6 Å². The van der Waals surface area contributed by atoms with Crippen molar-refractivity contribution in [2.75, 3.05) is 25.6 Å². The third kappa shape index (κ3) is 3.88. The van der Waals surface area contributed by atoms with Crippen LogP contribution in [0.3, 0.4) is 0 Å². The van der Waals surface area contributed by atoms with Crippen molar-refractivity contribution in [3.8, 4) is 17.1 Å². The molecule has 1 aromatic heterocycles. The Morgan fingerprint density at radius 2 is 2.04 bits per heavy atom. The standard InChI is InChI=1S/C18H24N4O5S/c1-18(2,28(24,25)14-7-9-27-10-8-14)16(23)20-17-19-15(21-22-17)12-5-4-6-13(11-12)26-3/h4-6,11,14H,7-10H2,1-3H3,(H2,19,20,21,22,23). The highest BCUT2D eigenvalue weighted by atomic mass is 32.2. The number of aromatic nitrogens is 3. The van der Waals surface area contributed by atoms with Crippen molar-refractivity contribution < 1.29 is 22.7 Å². The number of rotatable bonds is 6. The van der Waals surface area contributed by atoms with Crippen molar-refractivity contribution in [2.45, 2.75) is 36.7 Å². The number of hydrogen-bond donors (Lipinski definition) is 2. The van der Waals surface area contributed by atoms with Gasteiger partial charge in [0.1, 0.15) is 10.5 Å². The highest BCUT2D eigenvalue weighted by Gasteiger charge is 2.46. The third-order valence-electron chi connectivity index (χ3n) is 4.92. The van der Waals surface area contributed by atoms with E-state index in [1.54, 1.807) is 25.3 Å². The lowest BCUT2D eigenvalue weighted by molar-refractivity contribution is -0.117. The number of hydrogen-bond acceptors (Lipinski definition) is 7. The Hall–Kier alpha value is -2.46. The minimum atomic E-state index is -3.71. The van der Waals surface area contributed by atoms with Crippen molar-refractivity contribution in [2.24, 2.45) is 0 Å². The second-order valence-corrected chi connectivity index (χ2v) is 9.84. The molecule has 0 aliphatic carbocycles. The van der Waals surface area contributed by atoms with Gasteiger partial charge < -0.3 is 9.47 Å². The lowest BCUT2D eigenvalue weighted by Gasteiger charge is -2.30. The molecule has 2 N–H and O–H groups in total. The van der Waals surface area contributed by atoms with E-state index in [0.717, 1.165) is 5.56 Å². The summed E-state index contributed by atoms with van der Waals surface area (Å²) in [5.74, 6) is 0.427. The van der Waals surface area contributed by atoms with Crippen LogP contribution in [0.25, 0.3) is 11.4 Å². The second kappa shape index (κ2) is 7.88. The predicted molar refractivity (Wildman–Crippen MR) is 104 cm³/mol. The first-order valence-electron chi connectivity index (χ1n) is 8.95. The zero-order chi connectivity index (χ0) is 20.4. The van der Waals surface area contributed by atoms with Gasteiger partial charge in [-0.3, -0.25) is 15.2 Å². The summed E-state index contributed by atoms with van der Waals surface area (Å²) in [4.78, 5) is 17.0. The van der Waals surface area contributed by atoms with E-state index in [1.807, 2.05) is 6.07 Å². The molecule has 1 saturated heterocycles. The molecule has 28 heavy (non-hydrogen) atoms. The Labute approximate surface area is 163 Å². The zero-order valence-electron chi connectivity index (χ0n) is 16.1. The molecule has 0 radical (unpaired) electrons. The van der Waals surface area contributed by atoms with Gasteiger partial charge in [-0.05, 0) is 38.8 Å². The molecule has 9 nitrogen and oxygen atoms in total. The second-order valence-electron chi connectivity index (χ2n) is 7.06. The number of benzene rings is 1. The van der Waals surface area contributed by atoms with E-state index in [2.05, 4.69) is 20.5 Å². The predicted octanol–water partition coefficient (Wildman–Crippen LogP) is 1.79. The maximum Gasteiger partial charge on any atom is 0.249 e. The molecule has 0 saturated carbocycles. The van der Waals surface area contributed by atoms with Crippen molar-refractivity contribution in [3.63, 3.8) is 0 Å². The average Bonchev–Trinajstić information content (AvgIpc) is 3.17. The van der Waals surface area contributed by atoms with E-state index in [4.69, 9.17) is 9.47 Å². The summed E-state index contributed by atoms with van der Waals surface area (Å²) in [7, 11) is -2.15. The molecule has 1 amide bonds. The van der Waals surface area contributed by atoms with E-state index in [9.17, 15) is 13.2 Å². The topological polar surface area (TPSA) is 123 Å². The molecule has 1 aromatic carbocycles. The Morgan fingerprint density at radius 3 is 2.71 bits per heavy atom. The number of aromatic amines is 1. The van der Waals surface area contributed by atoms with Crippen LogP contribution in [-0.2, 0) is 19.4 Å². The van der Waals surface area contributed by atoms with E-state index < -0.39 is 25.7 Å². The number of methoxy groups -OCH3 is 1. The Balaban J connectivity index is 1.76. The number of sulfone groups is 1. The fraction of sp³-hybridized carbons (Fsp3) is 0.500. The fourth-order valence-corrected chi connectivity index (χ4v) is 4.96. The molecule has 3 rings (SSSR count). The monoisotopic (exact) mass is 408 g/mol. The number of ether oxygens (including phenoxy) is 2.